The van der Waals surface area contributed by atoms with Crippen LogP contribution in [0.4, 0.5) is 0 Å². The number of rotatable bonds is 4. The van der Waals surface area contributed by atoms with Gasteiger partial charge < -0.3 is 14.6 Å². The zero-order valence-electron chi connectivity index (χ0n) is 10.5. The molecule has 0 aliphatic carbocycles. The van der Waals surface area contributed by atoms with Crippen LogP contribution in [0.15, 0.2) is 6.20 Å². The average molecular weight is 253 g/mol. The van der Waals surface area contributed by atoms with Crippen molar-refractivity contribution < 1.29 is 24.2 Å². The minimum atomic E-state index is -0.489. The molecule has 1 rings (SSSR count). The first-order valence-corrected chi connectivity index (χ1v) is 5.47. The zero-order valence-corrected chi connectivity index (χ0v) is 10.5. The summed E-state index contributed by atoms with van der Waals surface area (Å²) in [6, 6.07) is 0. The molecule has 0 amide bonds. The van der Waals surface area contributed by atoms with Crippen LogP contribution in [0.25, 0.3) is 0 Å². The number of aryl methyl sites for hydroxylation is 1. The van der Waals surface area contributed by atoms with E-state index in [0.717, 1.165) is 0 Å². The lowest BCUT2D eigenvalue weighted by Crippen LogP contribution is -2.10. The van der Waals surface area contributed by atoms with Crippen molar-refractivity contribution in [3.8, 4) is 11.5 Å². The molecule has 0 atom stereocenters. The molecule has 0 aliphatic heterocycles. The van der Waals surface area contributed by atoms with Gasteiger partial charge in [-0.2, -0.15) is 0 Å². The summed E-state index contributed by atoms with van der Waals surface area (Å²) < 4.78 is 9.81. The van der Waals surface area contributed by atoms with Gasteiger partial charge in [-0.1, -0.05) is 6.92 Å². The molecule has 0 unspecified atom stereocenters. The van der Waals surface area contributed by atoms with E-state index in [4.69, 9.17) is 9.47 Å². The van der Waals surface area contributed by atoms with Crippen molar-refractivity contribution >= 4 is 11.9 Å². The molecule has 98 valence electrons. The molecule has 0 aliphatic rings. The Hall–Kier alpha value is -2.11. The van der Waals surface area contributed by atoms with E-state index < -0.39 is 11.9 Å². The number of pyridine rings is 1. The molecule has 0 saturated heterocycles. The van der Waals surface area contributed by atoms with Crippen LogP contribution in [0.2, 0.25) is 0 Å². The van der Waals surface area contributed by atoms with E-state index in [9.17, 15) is 14.7 Å². The summed E-state index contributed by atoms with van der Waals surface area (Å²) in [6.45, 7) is 4.33. The summed E-state index contributed by atoms with van der Waals surface area (Å²) in [4.78, 5) is 25.9. The number of carbonyl (C=O) groups excluding carboxylic acids is 2. The second-order valence-corrected chi connectivity index (χ2v) is 3.64. The van der Waals surface area contributed by atoms with Crippen LogP contribution >= 0.6 is 0 Å². The highest BCUT2D eigenvalue weighted by Gasteiger charge is 2.16. The fourth-order valence-electron chi connectivity index (χ4n) is 1.23. The van der Waals surface area contributed by atoms with Crippen molar-refractivity contribution in [2.24, 2.45) is 0 Å². The van der Waals surface area contributed by atoms with Crippen molar-refractivity contribution in [3.63, 3.8) is 0 Å². The Morgan fingerprint density at radius 3 is 2.67 bits per heavy atom. The number of aromatic nitrogens is 1. The van der Waals surface area contributed by atoms with Crippen molar-refractivity contribution in [1.82, 2.24) is 4.98 Å². The zero-order chi connectivity index (χ0) is 13.7. The standard InChI is InChI=1S/C12H15NO5/c1-4-11(15)18-10-5-13-7(2)12(16)9(10)6-17-8(3)14/h5,16H,4,6H2,1-3H3. The lowest BCUT2D eigenvalue weighted by molar-refractivity contribution is -0.142. The average Bonchev–Trinajstić information content (AvgIpc) is 2.32. The Bertz CT molecular complexity index is 470. The Labute approximate surface area is 105 Å². The number of carbonyl (C=O) groups is 2. The second kappa shape index (κ2) is 6.00. The number of hydrogen-bond acceptors (Lipinski definition) is 6. The molecule has 0 radical (unpaired) electrons. The summed E-state index contributed by atoms with van der Waals surface area (Å²) >= 11 is 0. The molecule has 0 fully saturated rings. The normalized spacial score (nSPS) is 9.94. The Morgan fingerprint density at radius 1 is 1.44 bits per heavy atom. The summed E-state index contributed by atoms with van der Waals surface area (Å²) in [6.07, 6.45) is 1.52. The highest BCUT2D eigenvalue weighted by molar-refractivity contribution is 5.72. The lowest BCUT2D eigenvalue weighted by atomic mass is 10.2. The Kier molecular flexibility index (Phi) is 4.65. The van der Waals surface area contributed by atoms with Gasteiger partial charge in [0.15, 0.2) is 5.75 Å². The molecule has 0 saturated carbocycles. The number of esters is 2. The number of aromatic hydroxyl groups is 1. The van der Waals surface area contributed by atoms with Gasteiger partial charge >= 0.3 is 11.9 Å². The number of ether oxygens (including phenoxy) is 2. The van der Waals surface area contributed by atoms with E-state index >= 15 is 0 Å². The lowest BCUT2D eigenvalue weighted by Gasteiger charge is -2.12. The van der Waals surface area contributed by atoms with Gasteiger partial charge in [-0.25, -0.2) is 0 Å². The fraction of sp³-hybridized carbons (Fsp3) is 0.417. The summed E-state index contributed by atoms with van der Waals surface area (Å²) in [5, 5.41) is 9.83. The maximum absolute atomic E-state index is 11.2. The van der Waals surface area contributed by atoms with Crippen LogP contribution < -0.4 is 4.74 Å². The second-order valence-electron chi connectivity index (χ2n) is 3.64. The predicted octanol–water partition coefficient (Wildman–Crippen LogP) is 1.47. The molecular formula is C12H15NO5. The smallest absolute Gasteiger partial charge is 0.310 e. The van der Waals surface area contributed by atoms with Gasteiger partial charge in [-0.3, -0.25) is 14.6 Å². The van der Waals surface area contributed by atoms with E-state index in [-0.39, 0.29) is 30.1 Å². The van der Waals surface area contributed by atoms with E-state index in [1.807, 2.05) is 0 Å². The van der Waals surface area contributed by atoms with Gasteiger partial charge in [0, 0.05) is 13.3 Å². The molecule has 1 aromatic rings. The largest absolute Gasteiger partial charge is 0.505 e. The highest BCUT2D eigenvalue weighted by Crippen LogP contribution is 2.30. The topological polar surface area (TPSA) is 85.7 Å². The third-order valence-corrected chi connectivity index (χ3v) is 2.23. The molecule has 6 nitrogen and oxygen atoms in total. The maximum Gasteiger partial charge on any atom is 0.310 e. The van der Waals surface area contributed by atoms with E-state index in [1.54, 1.807) is 13.8 Å². The summed E-state index contributed by atoms with van der Waals surface area (Å²) in [5.74, 6) is -0.982. The molecule has 0 aromatic carbocycles. The third kappa shape index (κ3) is 3.44. The van der Waals surface area contributed by atoms with Crippen molar-refractivity contribution in [2.45, 2.75) is 33.8 Å². The molecule has 1 aromatic heterocycles. The van der Waals surface area contributed by atoms with Crippen LogP contribution in [0.3, 0.4) is 0 Å². The Morgan fingerprint density at radius 2 is 2.11 bits per heavy atom. The highest BCUT2D eigenvalue weighted by atomic mass is 16.5. The first-order chi connectivity index (χ1) is 8.45. The summed E-state index contributed by atoms with van der Waals surface area (Å²) in [5.41, 5.74) is 0.605. The monoisotopic (exact) mass is 253 g/mol. The molecule has 1 heterocycles. The number of nitrogens with zero attached hydrogens (tertiary/aromatic N) is 1. The first-order valence-electron chi connectivity index (χ1n) is 5.47. The van der Waals surface area contributed by atoms with Gasteiger partial charge in [0.1, 0.15) is 12.4 Å². The van der Waals surface area contributed by atoms with Gasteiger partial charge in [0.25, 0.3) is 0 Å². The van der Waals surface area contributed by atoms with E-state index in [1.165, 1.54) is 13.1 Å². The van der Waals surface area contributed by atoms with Gasteiger partial charge in [0.05, 0.1) is 17.5 Å². The molecule has 0 bridgehead atoms. The molecule has 6 heteroatoms. The van der Waals surface area contributed by atoms with Gasteiger partial charge in [-0.15, -0.1) is 0 Å². The molecule has 1 N–H and O–H groups in total. The van der Waals surface area contributed by atoms with E-state index in [2.05, 4.69) is 4.98 Å². The minimum Gasteiger partial charge on any atom is -0.505 e. The SMILES string of the molecule is CCC(=O)Oc1cnc(C)c(O)c1COC(C)=O. The maximum atomic E-state index is 11.2. The van der Waals surface area contributed by atoms with Crippen molar-refractivity contribution in [2.75, 3.05) is 0 Å². The van der Waals surface area contributed by atoms with Gasteiger partial charge in [0.2, 0.25) is 0 Å². The molecular weight excluding hydrogens is 238 g/mol. The third-order valence-electron chi connectivity index (χ3n) is 2.23. The molecule has 18 heavy (non-hydrogen) atoms. The van der Waals surface area contributed by atoms with Crippen molar-refractivity contribution in [3.05, 3.63) is 17.5 Å². The predicted molar refractivity (Wildman–Crippen MR) is 62.0 cm³/mol. The minimum absolute atomic E-state index is 0.103. The van der Waals surface area contributed by atoms with Crippen LogP contribution in [0.5, 0.6) is 11.5 Å². The van der Waals surface area contributed by atoms with Crippen LogP contribution in [-0.4, -0.2) is 22.0 Å². The number of hydrogen-bond donors (Lipinski definition) is 1. The first kappa shape index (κ1) is 14.0. The summed E-state index contributed by atoms with van der Waals surface area (Å²) in [7, 11) is 0. The fourth-order valence-corrected chi connectivity index (χ4v) is 1.23. The quantitative estimate of drug-likeness (QED) is 0.818. The van der Waals surface area contributed by atoms with Crippen LogP contribution in [-0.2, 0) is 20.9 Å². The Balaban J connectivity index is 3.04. The van der Waals surface area contributed by atoms with Crippen LogP contribution in [0, 0.1) is 6.92 Å². The molecule has 0 spiro atoms. The van der Waals surface area contributed by atoms with Crippen LogP contribution in [0.1, 0.15) is 31.5 Å². The van der Waals surface area contributed by atoms with Gasteiger partial charge in [-0.05, 0) is 6.92 Å². The van der Waals surface area contributed by atoms with Crippen molar-refractivity contribution in [1.29, 1.82) is 0 Å². The van der Waals surface area contributed by atoms with E-state index in [0.29, 0.717) is 5.69 Å².